The number of alkyl halides is 3. The summed E-state index contributed by atoms with van der Waals surface area (Å²) in [5.74, 6) is 0. The Morgan fingerprint density at radius 2 is 2.07 bits per heavy atom. The SMILES string of the molecule is CCNCC(O)COCCC(F)(F)F. The molecule has 0 saturated heterocycles. The van der Waals surface area contributed by atoms with Gasteiger partial charge in [0.05, 0.1) is 25.7 Å². The molecule has 86 valence electrons. The van der Waals surface area contributed by atoms with Crippen molar-refractivity contribution in [3.05, 3.63) is 0 Å². The second kappa shape index (κ2) is 7.03. The minimum atomic E-state index is -4.19. The summed E-state index contributed by atoms with van der Waals surface area (Å²) in [5, 5.41) is 12.0. The topological polar surface area (TPSA) is 41.5 Å². The van der Waals surface area contributed by atoms with Crippen molar-refractivity contribution in [3.8, 4) is 0 Å². The van der Waals surface area contributed by atoms with Gasteiger partial charge in [0.25, 0.3) is 0 Å². The van der Waals surface area contributed by atoms with Crippen LogP contribution in [0.25, 0.3) is 0 Å². The van der Waals surface area contributed by atoms with Crippen molar-refractivity contribution in [2.24, 2.45) is 0 Å². The highest BCUT2D eigenvalue weighted by Crippen LogP contribution is 2.18. The molecule has 0 aromatic rings. The summed E-state index contributed by atoms with van der Waals surface area (Å²) in [6.07, 6.45) is -5.91. The number of ether oxygens (including phenoxy) is 1. The van der Waals surface area contributed by atoms with Crippen LogP contribution in [0.15, 0.2) is 0 Å². The molecule has 0 fully saturated rings. The molecule has 0 rings (SSSR count). The maximum atomic E-state index is 11.6. The normalized spacial score (nSPS) is 14.4. The molecule has 0 amide bonds. The first-order chi connectivity index (χ1) is 6.45. The van der Waals surface area contributed by atoms with Crippen LogP contribution >= 0.6 is 0 Å². The summed E-state index contributed by atoms with van der Waals surface area (Å²) in [6, 6.07) is 0. The predicted molar refractivity (Wildman–Crippen MR) is 46.0 cm³/mol. The third-order valence-electron chi connectivity index (χ3n) is 1.47. The van der Waals surface area contributed by atoms with Crippen molar-refractivity contribution in [3.63, 3.8) is 0 Å². The highest BCUT2D eigenvalue weighted by atomic mass is 19.4. The van der Waals surface area contributed by atoms with Gasteiger partial charge in [-0.2, -0.15) is 13.2 Å². The van der Waals surface area contributed by atoms with Crippen LogP contribution in [0.2, 0.25) is 0 Å². The van der Waals surface area contributed by atoms with Crippen LogP contribution < -0.4 is 5.32 Å². The molecule has 0 bridgehead atoms. The van der Waals surface area contributed by atoms with E-state index in [1.165, 1.54) is 0 Å². The number of aliphatic hydroxyl groups excluding tert-OH is 1. The van der Waals surface area contributed by atoms with Crippen LogP contribution in [0.1, 0.15) is 13.3 Å². The van der Waals surface area contributed by atoms with Gasteiger partial charge in [0.2, 0.25) is 0 Å². The van der Waals surface area contributed by atoms with Crippen LogP contribution in [-0.4, -0.2) is 43.7 Å². The van der Waals surface area contributed by atoms with Gasteiger partial charge in [0.1, 0.15) is 0 Å². The Hall–Kier alpha value is -0.330. The van der Waals surface area contributed by atoms with Crippen molar-refractivity contribution >= 4 is 0 Å². The monoisotopic (exact) mass is 215 g/mol. The van der Waals surface area contributed by atoms with Gasteiger partial charge < -0.3 is 15.2 Å². The minimum absolute atomic E-state index is 0.0664. The summed E-state index contributed by atoms with van der Waals surface area (Å²) >= 11 is 0. The third-order valence-corrected chi connectivity index (χ3v) is 1.47. The molecule has 14 heavy (non-hydrogen) atoms. The molecule has 2 N–H and O–H groups in total. The van der Waals surface area contributed by atoms with Crippen molar-refractivity contribution in [1.29, 1.82) is 0 Å². The van der Waals surface area contributed by atoms with E-state index in [1.54, 1.807) is 0 Å². The molecule has 0 aliphatic rings. The van der Waals surface area contributed by atoms with Crippen molar-refractivity contribution in [1.82, 2.24) is 5.32 Å². The van der Waals surface area contributed by atoms with E-state index in [4.69, 9.17) is 5.11 Å². The Bertz CT molecular complexity index is 141. The van der Waals surface area contributed by atoms with Gasteiger partial charge in [-0.1, -0.05) is 6.92 Å². The number of aliphatic hydroxyl groups is 1. The Morgan fingerprint density at radius 3 is 2.57 bits per heavy atom. The molecule has 0 heterocycles. The first-order valence-electron chi connectivity index (χ1n) is 4.49. The predicted octanol–water partition coefficient (Wildman–Crippen LogP) is 0.926. The highest BCUT2D eigenvalue weighted by Gasteiger charge is 2.26. The lowest BCUT2D eigenvalue weighted by Gasteiger charge is -2.12. The molecule has 0 radical (unpaired) electrons. The summed E-state index contributed by atoms with van der Waals surface area (Å²) in [6.45, 7) is 2.45. The number of nitrogens with one attached hydrogen (secondary N) is 1. The zero-order chi connectivity index (χ0) is 11.0. The van der Waals surface area contributed by atoms with Crippen molar-refractivity contribution in [2.75, 3.05) is 26.3 Å². The van der Waals surface area contributed by atoms with E-state index in [0.717, 1.165) is 0 Å². The highest BCUT2D eigenvalue weighted by molar-refractivity contribution is 4.57. The van der Waals surface area contributed by atoms with Crippen LogP contribution in [0.3, 0.4) is 0 Å². The third kappa shape index (κ3) is 9.76. The van der Waals surface area contributed by atoms with Crippen LogP contribution in [0, 0.1) is 0 Å². The number of hydrogen-bond donors (Lipinski definition) is 2. The number of likely N-dealkylation sites (N-methyl/N-ethyl adjacent to an activating group) is 1. The molecule has 0 spiro atoms. The Balaban J connectivity index is 3.27. The van der Waals surface area contributed by atoms with E-state index in [2.05, 4.69) is 10.1 Å². The van der Waals surface area contributed by atoms with Crippen LogP contribution in [0.4, 0.5) is 13.2 Å². The van der Waals surface area contributed by atoms with Gasteiger partial charge >= 0.3 is 6.18 Å². The molecule has 0 saturated carbocycles. The van der Waals surface area contributed by atoms with Gasteiger partial charge in [0, 0.05) is 6.54 Å². The van der Waals surface area contributed by atoms with E-state index in [0.29, 0.717) is 13.1 Å². The lowest BCUT2D eigenvalue weighted by atomic mass is 10.3. The second-order valence-electron chi connectivity index (χ2n) is 2.90. The minimum Gasteiger partial charge on any atom is -0.389 e. The fourth-order valence-corrected chi connectivity index (χ4v) is 0.777. The lowest BCUT2D eigenvalue weighted by Crippen LogP contribution is -2.30. The van der Waals surface area contributed by atoms with Gasteiger partial charge in [0.15, 0.2) is 0 Å². The molecule has 1 unspecified atom stereocenters. The zero-order valence-electron chi connectivity index (χ0n) is 8.10. The van der Waals surface area contributed by atoms with E-state index in [-0.39, 0.29) is 6.61 Å². The first kappa shape index (κ1) is 13.7. The summed E-state index contributed by atoms with van der Waals surface area (Å²) < 4.78 is 39.5. The molecule has 3 nitrogen and oxygen atoms in total. The van der Waals surface area contributed by atoms with E-state index in [1.807, 2.05) is 6.92 Å². The largest absolute Gasteiger partial charge is 0.391 e. The van der Waals surface area contributed by atoms with E-state index >= 15 is 0 Å². The Morgan fingerprint density at radius 1 is 1.43 bits per heavy atom. The lowest BCUT2D eigenvalue weighted by molar-refractivity contribution is -0.147. The Kier molecular flexibility index (Phi) is 6.86. The molecule has 0 aliphatic heterocycles. The maximum absolute atomic E-state index is 11.6. The molecular formula is C8H16F3NO2. The van der Waals surface area contributed by atoms with Gasteiger partial charge in [-0.3, -0.25) is 0 Å². The fourth-order valence-electron chi connectivity index (χ4n) is 0.777. The first-order valence-corrected chi connectivity index (χ1v) is 4.49. The quantitative estimate of drug-likeness (QED) is 0.621. The molecule has 1 atom stereocenters. The van der Waals surface area contributed by atoms with Gasteiger partial charge in [-0.25, -0.2) is 0 Å². The maximum Gasteiger partial charge on any atom is 0.391 e. The van der Waals surface area contributed by atoms with E-state index < -0.39 is 25.3 Å². The van der Waals surface area contributed by atoms with Gasteiger partial charge in [-0.05, 0) is 6.54 Å². The van der Waals surface area contributed by atoms with Gasteiger partial charge in [-0.15, -0.1) is 0 Å². The summed E-state index contributed by atoms with van der Waals surface area (Å²) in [5.41, 5.74) is 0. The van der Waals surface area contributed by atoms with Crippen molar-refractivity contribution in [2.45, 2.75) is 25.6 Å². The number of rotatable bonds is 7. The summed E-state index contributed by atoms with van der Waals surface area (Å²) in [7, 11) is 0. The standard InChI is InChI=1S/C8H16F3NO2/c1-2-12-5-7(13)6-14-4-3-8(9,10)11/h7,12-13H,2-6H2,1H3. The smallest absolute Gasteiger partial charge is 0.389 e. The fraction of sp³-hybridized carbons (Fsp3) is 1.00. The number of hydrogen-bond acceptors (Lipinski definition) is 3. The van der Waals surface area contributed by atoms with E-state index in [9.17, 15) is 13.2 Å². The average molecular weight is 215 g/mol. The molecule has 6 heteroatoms. The molecule has 0 aromatic heterocycles. The average Bonchev–Trinajstić information content (AvgIpc) is 2.07. The van der Waals surface area contributed by atoms with Crippen molar-refractivity contribution < 1.29 is 23.0 Å². The zero-order valence-corrected chi connectivity index (χ0v) is 8.10. The number of halogens is 3. The van der Waals surface area contributed by atoms with Crippen LogP contribution in [0.5, 0.6) is 0 Å². The summed E-state index contributed by atoms with van der Waals surface area (Å²) in [4.78, 5) is 0. The second-order valence-corrected chi connectivity index (χ2v) is 2.90. The Labute approximate surface area is 81.2 Å². The molecular weight excluding hydrogens is 199 g/mol. The molecule has 0 aromatic carbocycles. The van der Waals surface area contributed by atoms with Crippen LogP contribution in [-0.2, 0) is 4.74 Å². The molecule has 0 aliphatic carbocycles.